The largest absolute Gasteiger partial charge is 0.310 e. The van der Waals surface area contributed by atoms with E-state index in [2.05, 4.69) is 49.8 Å². The van der Waals surface area contributed by atoms with E-state index in [-0.39, 0.29) is 6.04 Å². The molecule has 3 nitrogen and oxygen atoms in total. The van der Waals surface area contributed by atoms with Gasteiger partial charge in [0.15, 0.2) is 4.96 Å². The average Bonchev–Trinajstić information content (AvgIpc) is 2.97. The number of aromatic nitrogens is 2. The molecule has 0 amide bonds. The summed E-state index contributed by atoms with van der Waals surface area (Å²) in [4.78, 5) is 5.70. The van der Waals surface area contributed by atoms with Gasteiger partial charge in [0, 0.05) is 39.7 Å². The maximum atomic E-state index is 6.17. The molecule has 1 N–H and O–H groups in total. The average molecular weight is 385 g/mol. The number of nitrogens with zero attached hydrogens (tertiary/aromatic N) is 2. The second-order valence-electron chi connectivity index (χ2n) is 4.84. The SMILES string of the molecule is CCNC(Cc1cn2ccsc2n1)c1cc(Cl)cc(Br)c1. The number of thiazole rings is 1. The van der Waals surface area contributed by atoms with Crippen molar-refractivity contribution in [3.05, 3.63) is 56.7 Å². The van der Waals surface area contributed by atoms with Crippen molar-refractivity contribution >= 4 is 43.8 Å². The number of imidazole rings is 1. The summed E-state index contributed by atoms with van der Waals surface area (Å²) in [7, 11) is 0. The lowest BCUT2D eigenvalue weighted by Crippen LogP contribution is -2.23. The fourth-order valence-electron chi connectivity index (χ4n) is 2.41. The minimum atomic E-state index is 0.203. The fourth-order valence-corrected chi connectivity index (χ4v) is 4.02. The van der Waals surface area contributed by atoms with Gasteiger partial charge in [0.05, 0.1) is 5.69 Å². The van der Waals surface area contributed by atoms with E-state index in [1.807, 2.05) is 23.7 Å². The van der Waals surface area contributed by atoms with Crippen LogP contribution < -0.4 is 5.32 Å². The predicted molar refractivity (Wildman–Crippen MR) is 92.3 cm³/mol. The topological polar surface area (TPSA) is 29.3 Å². The molecule has 0 saturated carbocycles. The van der Waals surface area contributed by atoms with E-state index >= 15 is 0 Å². The molecule has 0 aliphatic rings. The molecule has 2 aromatic heterocycles. The predicted octanol–water partition coefficient (Wildman–Crippen LogP) is 4.71. The molecular formula is C15H15BrClN3S. The van der Waals surface area contributed by atoms with E-state index < -0.39 is 0 Å². The van der Waals surface area contributed by atoms with Gasteiger partial charge in [-0.15, -0.1) is 11.3 Å². The zero-order chi connectivity index (χ0) is 14.8. The van der Waals surface area contributed by atoms with Gasteiger partial charge in [-0.2, -0.15) is 0 Å². The van der Waals surface area contributed by atoms with Crippen LogP contribution in [0.25, 0.3) is 4.96 Å². The van der Waals surface area contributed by atoms with Crippen molar-refractivity contribution in [1.29, 1.82) is 0 Å². The molecule has 1 atom stereocenters. The lowest BCUT2D eigenvalue weighted by atomic mass is 10.0. The van der Waals surface area contributed by atoms with Gasteiger partial charge in [-0.3, -0.25) is 4.40 Å². The number of benzene rings is 1. The molecule has 3 rings (SSSR count). The normalized spacial score (nSPS) is 12.9. The molecule has 110 valence electrons. The van der Waals surface area contributed by atoms with Gasteiger partial charge >= 0.3 is 0 Å². The van der Waals surface area contributed by atoms with E-state index in [9.17, 15) is 0 Å². The van der Waals surface area contributed by atoms with Crippen LogP contribution in [0.1, 0.15) is 24.2 Å². The van der Waals surface area contributed by atoms with E-state index in [0.29, 0.717) is 0 Å². The van der Waals surface area contributed by atoms with Crippen LogP contribution >= 0.6 is 38.9 Å². The molecule has 0 fully saturated rings. The number of fused-ring (bicyclic) bond motifs is 1. The first-order chi connectivity index (χ1) is 10.2. The third kappa shape index (κ3) is 3.48. The first-order valence-electron chi connectivity index (χ1n) is 6.76. The van der Waals surface area contributed by atoms with Crippen molar-refractivity contribution in [2.45, 2.75) is 19.4 Å². The summed E-state index contributed by atoms with van der Waals surface area (Å²) < 4.78 is 3.07. The number of rotatable bonds is 5. The van der Waals surface area contributed by atoms with Crippen molar-refractivity contribution in [2.24, 2.45) is 0 Å². The molecule has 0 spiro atoms. The van der Waals surface area contributed by atoms with E-state index in [0.717, 1.165) is 33.1 Å². The monoisotopic (exact) mass is 383 g/mol. The van der Waals surface area contributed by atoms with Gasteiger partial charge in [0.25, 0.3) is 0 Å². The summed E-state index contributed by atoms with van der Waals surface area (Å²) in [5.74, 6) is 0. The van der Waals surface area contributed by atoms with Crippen molar-refractivity contribution in [3.63, 3.8) is 0 Å². The summed E-state index contributed by atoms with van der Waals surface area (Å²) in [5.41, 5.74) is 2.26. The third-order valence-corrected chi connectivity index (χ3v) is 4.74. The van der Waals surface area contributed by atoms with Crippen LogP contribution in [0.4, 0.5) is 0 Å². The molecule has 0 radical (unpaired) electrons. The van der Waals surface area contributed by atoms with Crippen LogP contribution in [0.2, 0.25) is 5.02 Å². The Morgan fingerprint density at radius 2 is 2.29 bits per heavy atom. The molecule has 0 aliphatic heterocycles. The Morgan fingerprint density at radius 1 is 1.43 bits per heavy atom. The zero-order valence-corrected chi connectivity index (χ0v) is 14.7. The smallest absolute Gasteiger partial charge is 0.193 e. The first kappa shape index (κ1) is 15.0. The van der Waals surface area contributed by atoms with Crippen molar-refractivity contribution in [2.75, 3.05) is 6.54 Å². The van der Waals surface area contributed by atoms with Gasteiger partial charge in [0.1, 0.15) is 0 Å². The Morgan fingerprint density at radius 3 is 3.00 bits per heavy atom. The van der Waals surface area contributed by atoms with Gasteiger partial charge in [-0.1, -0.05) is 34.5 Å². The Bertz CT molecular complexity index is 704. The number of likely N-dealkylation sites (N-methyl/N-ethyl adjacent to an activating group) is 1. The molecule has 1 aromatic carbocycles. The highest BCUT2D eigenvalue weighted by atomic mass is 79.9. The molecular weight excluding hydrogens is 370 g/mol. The van der Waals surface area contributed by atoms with Crippen molar-refractivity contribution in [1.82, 2.24) is 14.7 Å². The molecule has 0 aliphatic carbocycles. The minimum Gasteiger partial charge on any atom is -0.310 e. The second-order valence-corrected chi connectivity index (χ2v) is 7.07. The zero-order valence-electron chi connectivity index (χ0n) is 11.5. The summed E-state index contributed by atoms with van der Waals surface area (Å²) in [6, 6.07) is 6.23. The second kappa shape index (κ2) is 6.48. The Kier molecular flexibility index (Phi) is 4.64. The molecule has 6 heteroatoms. The summed E-state index contributed by atoms with van der Waals surface area (Å²) in [6.45, 7) is 3.01. The lowest BCUT2D eigenvalue weighted by molar-refractivity contribution is 0.545. The number of hydrogen-bond donors (Lipinski definition) is 1. The quantitative estimate of drug-likeness (QED) is 0.690. The first-order valence-corrected chi connectivity index (χ1v) is 8.81. The summed E-state index contributed by atoms with van der Waals surface area (Å²) >= 11 is 11.3. The van der Waals surface area contributed by atoms with Gasteiger partial charge in [-0.25, -0.2) is 4.98 Å². The number of nitrogens with one attached hydrogen (secondary N) is 1. The Labute approximate surface area is 141 Å². The van der Waals surface area contributed by atoms with Crippen LogP contribution in [-0.2, 0) is 6.42 Å². The standard InChI is InChI=1S/C15H15BrClN3S/c1-2-18-14(10-5-11(16)7-12(17)6-10)8-13-9-20-3-4-21-15(20)19-13/h3-7,9,14,18H,2,8H2,1H3. The molecule has 3 aromatic rings. The molecule has 0 saturated heterocycles. The van der Waals surface area contributed by atoms with Gasteiger partial charge in [0.2, 0.25) is 0 Å². The molecule has 1 unspecified atom stereocenters. The number of halogens is 2. The van der Waals surface area contributed by atoms with Gasteiger partial charge in [-0.05, 0) is 30.3 Å². The summed E-state index contributed by atoms with van der Waals surface area (Å²) in [6.07, 6.45) is 4.97. The highest BCUT2D eigenvalue weighted by molar-refractivity contribution is 9.10. The van der Waals surface area contributed by atoms with Crippen LogP contribution in [0, 0.1) is 0 Å². The Balaban J connectivity index is 1.88. The lowest BCUT2D eigenvalue weighted by Gasteiger charge is -2.18. The number of hydrogen-bond acceptors (Lipinski definition) is 3. The van der Waals surface area contributed by atoms with Crippen LogP contribution in [0.15, 0.2) is 40.4 Å². The molecule has 0 bridgehead atoms. The van der Waals surface area contributed by atoms with E-state index in [4.69, 9.17) is 11.6 Å². The molecule has 21 heavy (non-hydrogen) atoms. The molecule has 2 heterocycles. The van der Waals surface area contributed by atoms with Crippen LogP contribution in [0.5, 0.6) is 0 Å². The van der Waals surface area contributed by atoms with Crippen molar-refractivity contribution < 1.29 is 0 Å². The van der Waals surface area contributed by atoms with Crippen LogP contribution in [-0.4, -0.2) is 15.9 Å². The van der Waals surface area contributed by atoms with Crippen molar-refractivity contribution in [3.8, 4) is 0 Å². The maximum absolute atomic E-state index is 6.17. The third-order valence-electron chi connectivity index (χ3n) is 3.29. The van der Waals surface area contributed by atoms with E-state index in [1.54, 1.807) is 11.3 Å². The van der Waals surface area contributed by atoms with Gasteiger partial charge < -0.3 is 5.32 Å². The minimum absolute atomic E-state index is 0.203. The Hall–Kier alpha value is -0.880. The van der Waals surface area contributed by atoms with Crippen LogP contribution in [0.3, 0.4) is 0 Å². The summed E-state index contributed by atoms with van der Waals surface area (Å²) in [5, 5.41) is 6.30. The highest BCUT2D eigenvalue weighted by Gasteiger charge is 2.15. The fraction of sp³-hybridized carbons (Fsp3) is 0.267. The van der Waals surface area contributed by atoms with E-state index in [1.165, 1.54) is 5.56 Å². The highest BCUT2D eigenvalue weighted by Crippen LogP contribution is 2.26. The maximum Gasteiger partial charge on any atom is 0.193 e.